The van der Waals surface area contributed by atoms with Gasteiger partial charge in [-0.1, -0.05) is 39.1 Å². The summed E-state index contributed by atoms with van der Waals surface area (Å²) in [6.07, 6.45) is 0.670. The maximum Gasteiger partial charge on any atom is 0.332 e. The zero-order valence-corrected chi connectivity index (χ0v) is 19.3. The van der Waals surface area contributed by atoms with Crippen LogP contribution < -0.4 is 13.8 Å². The van der Waals surface area contributed by atoms with E-state index in [-0.39, 0.29) is 33.0 Å². The molecule has 29 heavy (non-hydrogen) atoms. The van der Waals surface area contributed by atoms with E-state index < -0.39 is 22.4 Å². The predicted molar refractivity (Wildman–Crippen MR) is 114 cm³/mol. The number of hydrogen-bond donors (Lipinski definition) is 1. The lowest BCUT2D eigenvalue weighted by Crippen LogP contribution is -2.43. The van der Waals surface area contributed by atoms with Gasteiger partial charge in [-0.2, -0.15) is 0 Å². The molecule has 3 rings (SSSR count). The third kappa shape index (κ3) is 4.28. The van der Waals surface area contributed by atoms with Crippen molar-refractivity contribution in [3.63, 3.8) is 0 Å². The van der Waals surface area contributed by atoms with Crippen LogP contribution in [0, 0.1) is 0 Å². The first-order valence-electron chi connectivity index (χ1n) is 8.27. The number of benzene rings is 2. The molecule has 0 amide bonds. The lowest BCUT2D eigenvalue weighted by molar-refractivity contribution is -0.143. The van der Waals surface area contributed by atoms with Gasteiger partial charge in [-0.05, 0) is 37.1 Å². The van der Waals surface area contributed by atoms with E-state index in [9.17, 15) is 13.2 Å². The van der Waals surface area contributed by atoms with Crippen molar-refractivity contribution in [1.82, 2.24) is 0 Å². The van der Waals surface area contributed by atoms with Crippen LogP contribution in [-0.2, 0) is 20.4 Å². The summed E-state index contributed by atoms with van der Waals surface area (Å²) in [7, 11) is -0.562. The van der Waals surface area contributed by atoms with Gasteiger partial charge in [0.15, 0.2) is 11.3 Å². The van der Waals surface area contributed by atoms with E-state index in [2.05, 4.69) is 15.9 Å². The van der Waals surface area contributed by atoms with Gasteiger partial charge in [0, 0.05) is 10.5 Å². The SMILES string of the molecule is COC(=O)C1(N(c2cc(Oc3c(Cl)cc(Br)cc3Cl)ccc2OC)[SH](=O)=O)CC1. The monoisotopic (exact) mass is 523 g/mol. The molecule has 1 aliphatic carbocycles. The van der Waals surface area contributed by atoms with Crippen molar-refractivity contribution < 1.29 is 27.4 Å². The Bertz CT molecular complexity index is 1010. The number of halogens is 3. The topological polar surface area (TPSA) is 82.1 Å². The zero-order chi connectivity index (χ0) is 21.3. The number of thiol groups is 1. The Morgan fingerprint density at radius 3 is 2.24 bits per heavy atom. The molecule has 0 bridgehead atoms. The quantitative estimate of drug-likeness (QED) is 0.421. The molecule has 0 N–H and O–H groups in total. The molecule has 0 aromatic heterocycles. The molecule has 0 radical (unpaired) electrons. The van der Waals surface area contributed by atoms with Crippen LogP contribution in [0.5, 0.6) is 17.2 Å². The second-order valence-electron chi connectivity index (χ2n) is 6.21. The van der Waals surface area contributed by atoms with Crippen molar-refractivity contribution in [3.8, 4) is 17.2 Å². The van der Waals surface area contributed by atoms with E-state index in [1.54, 1.807) is 18.2 Å². The highest BCUT2D eigenvalue weighted by Crippen LogP contribution is 2.49. The fourth-order valence-corrected chi connectivity index (χ4v) is 5.14. The van der Waals surface area contributed by atoms with E-state index in [0.717, 1.165) is 4.31 Å². The van der Waals surface area contributed by atoms with Gasteiger partial charge in [-0.3, -0.25) is 4.31 Å². The smallest absolute Gasteiger partial charge is 0.332 e. The maximum atomic E-state index is 12.3. The van der Waals surface area contributed by atoms with Gasteiger partial charge in [0.25, 0.3) is 0 Å². The number of nitrogens with zero attached hydrogens (tertiary/aromatic N) is 1. The third-order valence-corrected chi connectivity index (χ3v) is 6.36. The fourth-order valence-electron chi connectivity index (χ4n) is 2.93. The first-order valence-corrected chi connectivity index (χ1v) is 10.9. The van der Waals surface area contributed by atoms with Crippen LogP contribution in [0.15, 0.2) is 34.8 Å². The number of esters is 1. The second-order valence-corrected chi connectivity index (χ2v) is 8.81. The number of carbonyl (C=O) groups excluding carboxylic acids is 1. The molecule has 0 unspecified atom stereocenters. The standard InChI is InChI=1S/C18H16BrCl2NO6S/c1-26-15-4-3-11(28-16-12(20)7-10(19)8-13(16)21)9-14(15)22(29(24)25)18(5-6-18)17(23)27-2/h3-4,7-9,29H,5-6H2,1-2H3. The summed E-state index contributed by atoms with van der Waals surface area (Å²) in [6.45, 7) is 0. The van der Waals surface area contributed by atoms with Crippen LogP contribution in [0.1, 0.15) is 12.8 Å². The summed E-state index contributed by atoms with van der Waals surface area (Å²) in [5.41, 5.74) is -1.14. The first kappa shape index (κ1) is 22.0. The molecule has 0 saturated heterocycles. The molecule has 0 heterocycles. The number of carbonyl (C=O) groups is 1. The fraction of sp³-hybridized carbons (Fsp3) is 0.278. The minimum atomic E-state index is -3.18. The van der Waals surface area contributed by atoms with Crippen molar-refractivity contribution in [2.45, 2.75) is 18.4 Å². The van der Waals surface area contributed by atoms with Crippen LogP contribution in [0.4, 0.5) is 5.69 Å². The van der Waals surface area contributed by atoms with Crippen LogP contribution in [0.3, 0.4) is 0 Å². The Labute approximate surface area is 187 Å². The summed E-state index contributed by atoms with van der Waals surface area (Å²) >= 11 is 15.7. The maximum absolute atomic E-state index is 12.3. The lowest BCUT2D eigenvalue weighted by atomic mass is 10.2. The van der Waals surface area contributed by atoms with Gasteiger partial charge in [-0.25, -0.2) is 13.2 Å². The number of hydrogen-bond acceptors (Lipinski definition) is 6. The molecule has 7 nitrogen and oxygen atoms in total. The Kier molecular flexibility index (Phi) is 6.52. The zero-order valence-electron chi connectivity index (χ0n) is 15.3. The van der Waals surface area contributed by atoms with Gasteiger partial charge in [0.1, 0.15) is 11.5 Å². The Morgan fingerprint density at radius 1 is 1.14 bits per heavy atom. The minimum Gasteiger partial charge on any atom is -0.495 e. The Balaban J connectivity index is 2.07. The van der Waals surface area contributed by atoms with Crippen molar-refractivity contribution in [3.05, 3.63) is 44.8 Å². The van der Waals surface area contributed by atoms with E-state index in [0.29, 0.717) is 17.3 Å². The van der Waals surface area contributed by atoms with Crippen molar-refractivity contribution in [2.75, 3.05) is 18.5 Å². The van der Waals surface area contributed by atoms with Crippen LogP contribution in [-0.4, -0.2) is 34.1 Å². The second kappa shape index (κ2) is 8.59. The molecule has 156 valence electrons. The van der Waals surface area contributed by atoms with E-state index in [4.69, 9.17) is 37.4 Å². The molecule has 1 aliphatic rings. The number of methoxy groups -OCH3 is 2. The van der Waals surface area contributed by atoms with Gasteiger partial charge >= 0.3 is 5.97 Å². The highest BCUT2D eigenvalue weighted by atomic mass is 79.9. The molecule has 0 atom stereocenters. The summed E-state index contributed by atoms with van der Waals surface area (Å²) < 4.78 is 41.8. The van der Waals surface area contributed by atoms with Crippen molar-refractivity contribution >= 4 is 61.7 Å². The predicted octanol–water partition coefficient (Wildman–Crippen LogP) is 4.60. The molecule has 0 aliphatic heterocycles. The molecule has 2 aromatic carbocycles. The molecular weight excluding hydrogens is 509 g/mol. The highest BCUT2D eigenvalue weighted by molar-refractivity contribution is 9.10. The third-order valence-electron chi connectivity index (χ3n) is 4.42. The molecule has 11 heteroatoms. The molecular formula is C18H16BrCl2NO6S. The lowest BCUT2D eigenvalue weighted by Gasteiger charge is -2.27. The molecule has 1 saturated carbocycles. The van der Waals surface area contributed by atoms with Crippen LogP contribution in [0.25, 0.3) is 0 Å². The average molecular weight is 525 g/mol. The van der Waals surface area contributed by atoms with Crippen molar-refractivity contribution in [2.24, 2.45) is 0 Å². The highest BCUT2D eigenvalue weighted by Gasteiger charge is 2.58. The number of ether oxygens (including phenoxy) is 3. The Morgan fingerprint density at radius 2 is 1.76 bits per heavy atom. The Hall–Kier alpha value is -1.68. The largest absolute Gasteiger partial charge is 0.495 e. The number of rotatable bonds is 7. The molecule has 1 fully saturated rings. The number of anilines is 1. The normalized spacial score (nSPS) is 14.4. The molecule has 0 spiro atoms. The summed E-state index contributed by atoms with van der Waals surface area (Å²) in [6, 6.07) is 7.78. The van der Waals surface area contributed by atoms with Gasteiger partial charge in [0.2, 0.25) is 10.9 Å². The summed E-state index contributed by atoms with van der Waals surface area (Å²) in [4.78, 5) is 12.3. The van der Waals surface area contributed by atoms with Gasteiger partial charge in [-0.15, -0.1) is 0 Å². The van der Waals surface area contributed by atoms with Gasteiger partial charge < -0.3 is 14.2 Å². The first-order chi connectivity index (χ1) is 13.7. The van der Waals surface area contributed by atoms with Crippen molar-refractivity contribution in [1.29, 1.82) is 0 Å². The van der Waals surface area contributed by atoms with Gasteiger partial charge in [0.05, 0.1) is 30.0 Å². The average Bonchev–Trinajstić information content (AvgIpc) is 3.45. The summed E-state index contributed by atoms with van der Waals surface area (Å²) in [5.74, 6) is 0.0815. The minimum absolute atomic E-state index is 0.147. The molecule has 2 aromatic rings. The van der Waals surface area contributed by atoms with E-state index >= 15 is 0 Å². The van der Waals surface area contributed by atoms with Crippen LogP contribution >= 0.6 is 39.1 Å². The summed E-state index contributed by atoms with van der Waals surface area (Å²) in [5, 5.41) is 0.531. The van der Waals surface area contributed by atoms with E-state index in [1.807, 2.05) is 0 Å². The van der Waals surface area contributed by atoms with E-state index in [1.165, 1.54) is 26.4 Å². The van der Waals surface area contributed by atoms with Crippen LogP contribution in [0.2, 0.25) is 10.0 Å².